The molecule has 6 nitrogen and oxygen atoms in total. The third-order valence-corrected chi connectivity index (χ3v) is 6.58. The second-order valence-electron chi connectivity index (χ2n) is 8.60. The Kier molecular flexibility index (Phi) is 6.32. The SMILES string of the molecule is CC(=O)N(CCN1CCC(C(=O)c2ccccc2)CC1)c1c2c(nn1C)CCCC2. The van der Waals surface area contributed by atoms with Crippen LogP contribution in [0, 0.1) is 5.92 Å². The third-order valence-electron chi connectivity index (χ3n) is 6.58. The van der Waals surface area contributed by atoms with E-state index in [-0.39, 0.29) is 17.6 Å². The van der Waals surface area contributed by atoms with E-state index in [2.05, 4.69) is 10.00 Å². The summed E-state index contributed by atoms with van der Waals surface area (Å²) in [6, 6.07) is 9.62. The number of benzene rings is 1. The molecule has 1 aliphatic heterocycles. The van der Waals surface area contributed by atoms with Gasteiger partial charge in [-0.05, 0) is 51.6 Å². The Morgan fingerprint density at radius 2 is 1.80 bits per heavy atom. The minimum Gasteiger partial charge on any atom is -0.302 e. The highest BCUT2D eigenvalue weighted by Gasteiger charge is 2.28. The molecule has 0 N–H and O–H groups in total. The van der Waals surface area contributed by atoms with Crippen molar-refractivity contribution < 1.29 is 9.59 Å². The van der Waals surface area contributed by atoms with Gasteiger partial charge in [0, 0.05) is 44.1 Å². The Morgan fingerprint density at radius 1 is 1.10 bits per heavy atom. The largest absolute Gasteiger partial charge is 0.302 e. The first-order chi connectivity index (χ1) is 14.5. The zero-order chi connectivity index (χ0) is 21.1. The summed E-state index contributed by atoms with van der Waals surface area (Å²) in [4.78, 5) is 29.5. The van der Waals surface area contributed by atoms with E-state index in [0.29, 0.717) is 6.54 Å². The van der Waals surface area contributed by atoms with E-state index in [4.69, 9.17) is 0 Å². The van der Waals surface area contributed by atoms with E-state index < -0.39 is 0 Å². The van der Waals surface area contributed by atoms with E-state index in [0.717, 1.165) is 62.4 Å². The van der Waals surface area contributed by atoms with Gasteiger partial charge in [-0.25, -0.2) is 0 Å². The lowest BCUT2D eigenvalue weighted by Crippen LogP contribution is -2.43. The maximum absolute atomic E-state index is 12.7. The molecule has 6 heteroatoms. The van der Waals surface area contributed by atoms with Gasteiger partial charge >= 0.3 is 0 Å². The first-order valence-corrected chi connectivity index (χ1v) is 11.2. The zero-order valence-corrected chi connectivity index (χ0v) is 18.1. The van der Waals surface area contributed by atoms with Gasteiger partial charge < -0.3 is 4.90 Å². The second kappa shape index (κ2) is 9.13. The van der Waals surface area contributed by atoms with Crippen molar-refractivity contribution in [3.05, 3.63) is 47.2 Å². The molecular weight excluding hydrogens is 376 g/mol. The van der Waals surface area contributed by atoms with Gasteiger partial charge in [-0.15, -0.1) is 0 Å². The van der Waals surface area contributed by atoms with E-state index in [1.54, 1.807) is 6.92 Å². The highest BCUT2D eigenvalue weighted by molar-refractivity contribution is 5.97. The third kappa shape index (κ3) is 4.33. The van der Waals surface area contributed by atoms with Crippen molar-refractivity contribution in [1.82, 2.24) is 14.7 Å². The molecule has 2 heterocycles. The molecule has 2 aromatic rings. The summed E-state index contributed by atoms with van der Waals surface area (Å²) in [7, 11) is 1.95. The Bertz CT molecular complexity index is 897. The summed E-state index contributed by atoms with van der Waals surface area (Å²) >= 11 is 0. The standard InChI is InChI=1S/C24H32N4O2/c1-18(29)28(24-21-10-6-7-11-22(21)25-26(24)2)17-16-27-14-12-20(13-15-27)23(30)19-8-4-3-5-9-19/h3-5,8-9,20H,6-7,10-17H2,1-2H3. The number of likely N-dealkylation sites (tertiary alicyclic amines) is 1. The van der Waals surface area contributed by atoms with Crippen molar-refractivity contribution in [3.63, 3.8) is 0 Å². The topological polar surface area (TPSA) is 58.4 Å². The van der Waals surface area contributed by atoms with Gasteiger partial charge in [0.15, 0.2) is 5.78 Å². The van der Waals surface area contributed by atoms with Crippen LogP contribution in [0.2, 0.25) is 0 Å². The van der Waals surface area contributed by atoms with E-state index >= 15 is 0 Å². The van der Waals surface area contributed by atoms with Crippen molar-refractivity contribution in [2.75, 3.05) is 31.1 Å². The molecule has 0 atom stereocenters. The number of rotatable bonds is 6. The number of anilines is 1. The lowest BCUT2D eigenvalue weighted by Gasteiger charge is -2.33. The van der Waals surface area contributed by atoms with Gasteiger partial charge in [0.25, 0.3) is 0 Å². The Balaban J connectivity index is 1.36. The van der Waals surface area contributed by atoms with Crippen LogP contribution in [0.15, 0.2) is 30.3 Å². The van der Waals surface area contributed by atoms with Gasteiger partial charge in [-0.1, -0.05) is 30.3 Å². The number of hydrogen-bond acceptors (Lipinski definition) is 4. The summed E-state index contributed by atoms with van der Waals surface area (Å²) in [5, 5.41) is 4.68. The molecule has 1 saturated heterocycles. The second-order valence-corrected chi connectivity index (χ2v) is 8.60. The molecule has 0 bridgehead atoms. The Hall–Kier alpha value is -2.47. The van der Waals surface area contributed by atoms with Crippen molar-refractivity contribution in [3.8, 4) is 0 Å². The van der Waals surface area contributed by atoms with E-state index in [1.165, 1.54) is 18.4 Å². The number of fused-ring (bicyclic) bond motifs is 1. The number of aryl methyl sites for hydroxylation is 2. The predicted octanol–water partition coefficient (Wildman–Crippen LogP) is 3.25. The number of hydrogen-bond donors (Lipinski definition) is 0. The van der Waals surface area contributed by atoms with Crippen LogP contribution >= 0.6 is 0 Å². The van der Waals surface area contributed by atoms with E-state index in [9.17, 15) is 9.59 Å². The molecule has 1 aromatic carbocycles. The summed E-state index contributed by atoms with van der Waals surface area (Å²) < 4.78 is 1.89. The molecule has 1 amide bonds. The number of piperidine rings is 1. The molecule has 0 spiro atoms. The van der Waals surface area contributed by atoms with Crippen LogP contribution < -0.4 is 4.90 Å². The zero-order valence-electron chi connectivity index (χ0n) is 18.1. The number of Topliss-reactive ketones (excluding diaryl/α,β-unsaturated/α-hetero) is 1. The molecule has 30 heavy (non-hydrogen) atoms. The minimum atomic E-state index is 0.0699. The van der Waals surface area contributed by atoms with Crippen LogP contribution in [0.3, 0.4) is 0 Å². The van der Waals surface area contributed by atoms with Crippen molar-refractivity contribution in [1.29, 1.82) is 0 Å². The number of ketones is 1. The van der Waals surface area contributed by atoms with Gasteiger partial charge in [-0.3, -0.25) is 19.2 Å². The lowest BCUT2D eigenvalue weighted by atomic mass is 9.89. The molecule has 4 rings (SSSR count). The Morgan fingerprint density at radius 3 is 2.50 bits per heavy atom. The normalized spacial score (nSPS) is 17.5. The van der Waals surface area contributed by atoms with Gasteiger partial charge in [0.2, 0.25) is 5.91 Å². The van der Waals surface area contributed by atoms with Crippen LogP contribution in [-0.4, -0.2) is 52.5 Å². The van der Waals surface area contributed by atoms with Crippen molar-refractivity contribution in [2.24, 2.45) is 13.0 Å². The smallest absolute Gasteiger partial charge is 0.225 e. The summed E-state index contributed by atoms with van der Waals surface area (Å²) in [6.07, 6.45) is 6.14. The summed E-state index contributed by atoms with van der Waals surface area (Å²) in [6.45, 7) is 4.94. The average molecular weight is 409 g/mol. The highest BCUT2D eigenvalue weighted by Crippen LogP contribution is 2.30. The number of amides is 1. The molecule has 1 fully saturated rings. The van der Waals surface area contributed by atoms with Crippen LogP contribution in [0.5, 0.6) is 0 Å². The number of nitrogens with zero attached hydrogens (tertiary/aromatic N) is 4. The number of aromatic nitrogens is 2. The lowest BCUT2D eigenvalue weighted by molar-refractivity contribution is -0.116. The maximum Gasteiger partial charge on any atom is 0.225 e. The van der Waals surface area contributed by atoms with Crippen molar-refractivity contribution in [2.45, 2.75) is 45.4 Å². The van der Waals surface area contributed by atoms with Crippen LogP contribution in [0.4, 0.5) is 5.82 Å². The van der Waals surface area contributed by atoms with Crippen LogP contribution in [0.25, 0.3) is 0 Å². The number of carbonyl (C=O) groups excluding carboxylic acids is 2. The first kappa shape index (κ1) is 20.8. The predicted molar refractivity (Wildman–Crippen MR) is 118 cm³/mol. The molecule has 1 aromatic heterocycles. The van der Waals surface area contributed by atoms with Gasteiger partial charge in [-0.2, -0.15) is 5.10 Å². The van der Waals surface area contributed by atoms with Gasteiger partial charge in [0.1, 0.15) is 5.82 Å². The fourth-order valence-corrected chi connectivity index (χ4v) is 4.91. The van der Waals surface area contributed by atoms with Gasteiger partial charge in [0.05, 0.1) is 5.69 Å². The van der Waals surface area contributed by atoms with E-state index in [1.807, 2.05) is 47.0 Å². The molecule has 0 saturated carbocycles. The Labute approximate surface area is 178 Å². The van der Waals surface area contributed by atoms with Crippen LogP contribution in [-0.2, 0) is 24.7 Å². The maximum atomic E-state index is 12.7. The van der Waals surface area contributed by atoms with Crippen LogP contribution in [0.1, 0.15) is 54.2 Å². The molecule has 160 valence electrons. The minimum absolute atomic E-state index is 0.0699. The molecule has 0 radical (unpaired) electrons. The molecular formula is C24H32N4O2. The molecule has 2 aliphatic rings. The monoisotopic (exact) mass is 408 g/mol. The fourth-order valence-electron chi connectivity index (χ4n) is 4.91. The molecule has 1 aliphatic carbocycles. The highest BCUT2D eigenvalue weighted by atomic mass is 16.2. The summed E-state index contributed by atoms with van der Waals surface area (Å²) in [5.74, 6) is 1.42. The summed E-state index contributed by atoms with van der Waals surface area (Å²) in [5.41, 5.74) is 3.23. The number of carbonyl (C=O) groups is 2. The quantitative estimate of drug-likeness (QED) is 0.689. The fraction of sp³-hybridized carbons (Fsp3) is 0.542. The molecule has 0 unspecified atom stereocenters. The first-order valence-electron chi connectivity index (χ1n) is 11.2. The van der Waals surface area contributed by atoms with Crippen molar-refractivity contribution >= 4 is 17.5 Å². The average Bonchev–Trinajstić information content (AvgIpc) is 3.10.